The molecule has 0 radical (unpaired) electrons. The highest BCUT2D eigenvalue weighted by atomic mass is 16.7. The van der Waals surface area contributed by atoms with E-state index in [1.807, 2.05) is 0 Å². The molecule has 0 amide bonds. The Morgan fingerprint density at radius 3 is 1.70 bits per heavy atom. The van der Waals surface area contributed by atoms with E-state index in [0.717, 1.165) is 18.4 Å². The maximum absolute atomic E-state index is 14.3. The molecule has 2 saturated heterocycles. The largest absolute Gasteiger partial charge is 0.508 e. The first kappa shape index (κ1) is 56.9. The van der Waals surface area contributed by atoms with Gasteiger partial charge in [-0.2, -0.15) is 0 Å². The number of aliphatic hydroxyl groups is 10. The predicted molar refractivity (Wildman–Crippen MR) is 248 cm³/mol. The molecule has 2 aromatic carbocycles. The highest BCUT2D eigenvalue weighted by molar-refractivity contribution is 6.12. The number of phenols is 3. The van der Waals surface area contributed by atoms with Crippen LogP contribution >= 0.6 is 0 Å². The molecule has 16 atom stereocenters. The average Bonchev–Trinajstić information content (AvgIpc) is 3.38. The van der Waals surface area contributed by atoms with E-state index in [1.165, 1.54) is 48.6 Å². The number of ether oxygens (including phenoxy) is 6. The molecule has 4 aliphatic rings. The molecule has 0 bridgehead atoms. The zero-order chi connectivity index (χ0) is 53.2. The first-order valence-corrected chi connectivity index (χ1v) is 23.7. The van der Waals surface area contributed by atoms with Crippen molar-refractivity contribution in [1.82, 2.24) is 0 Å². The van der Waals surface area contributed by atoms with Gasteiger partial charge in [-0.05, 0) is 110 Å². The van der Waals surface area contributed by atoms with Crippen LogP contribution < -0.4 is 0 Å². The van der Waals surface area contributed by atoms with Crippen LogP contribution in [0.25, 0.3) is 12.2 Å². The first-order valence-electron chi connectivity index (χ1n) is 23.7. The molecule has 2 aromatic rings. The van der Waals surface area contributed by atoms with Gasteiger partial charge >= 0.3 is 11.9 Å². The molecule has 2 heterocycles. The van der Waals surface area contributed by atoms with Gasteiger partial charge in [-0.1, -0.05) is 18.2 Å². The summed E-state index contributed by atoms with van der Waals surface area (Å²) in [6.07, 6.45) is -11.9. The SMILES string of the molecule is O=C[C@]1(CCO[C@@H]2O[C@H](CO)[C@@H](O)[C@H](O)[C@H]2O)CC[C@H](COC(=O)C(=C/c2ccc(O)c(O)c2)/C(=C\c2ccc(O)cc2)C(=O)OC[C@H]2CC[C@](C=O)(/C=C\O[C@@H]3O[C@H](CO)[C@@H](O)[C@H](O)[C@H]3O)[C@@H](O)C2)C[C@@H]1O. The Morgan fingerprint density at radius 1 is 0.630 bits per heavy atom. The molecule has 2 aliphatic heterocycles. The van der Waals surface area contributed by atoms with Gasteiger partial charge in [0, 0.05) is 0 Å². The van der Waals surface area contributed by atoms with Crippen molar-refractivity contribution in [3.63, 3.8) is 0 Å². The Bertz CT molecular complexity index is 2280. The number of benzene rings is 2. The van der Waals surface area contributed by atoms with Gasteiger partial charge in [0.05, 0.1) is 73.5 Å². The average molecular weight is 1030 g/mol. The number of hydrogen-bond donors (Lipinski definition) is 13. The van der Waals surface area contributed by atoms with Gasteiger partial charge in [0.1, 0.15) is 67.2 Å². The van der Waals surface area contributed by atoms with Crippen molar-refractivity contribution < 1.29 is 114 Å². The van der Waals surface area contributed by atoms with Crippen molar-refractivity contribution in [3.8, 4) is 17.2 Å². The summed E-state index contributed by atoms with van der Waals surface area (Å²) in [6.45, 7) is -2.25. The molecule has 2 aliphatic carbocycles. The van der Waals surface area contributed by atoms with Crippen molar-refractivity contribution in [2.45, 2.75) is 119 Å². The van der Waals surface area contributed by atoms with Crippen LogP contribution in [0.1, 0.15) is 56.1 Å². The molecule has 2 saturated carbocycles. The van der Waals surface area contributed by atoms with Crippen LogP contribution in [0.5, 0.6) is 17.2 Å². The number of hydrogen-bond acceptors (Lipinski definition) is 23. The fraction of sp³-hybridized carbons (Fsp3) is 0.560. The summed E-state index contributed by atoms with van der Waals surface area (Å²) in [5.74, 6) is -4.31. The summed E-state index contributed by atoms with van der Waals surface area (Å²) in [5.41, 5.74) is -3.16. The number of carbonyl (C=O) groups is 4. The highest BCUT2D eigenvalue weighted by Crippen LogP contribution is 2.42. The van der Waals surface area contributed by atoms with Gasteiger partial charge in [0.15, 0.2) is 17.8 Å². The Labute approximate surface area is 418 Å². The quantitative estimate of drug-likeness (QED) is 0.0181. The van der Waals surface area contributed by atoms with Gasteiger partial charge < -0.3 is 104 Å². The number of phenolic OH excluding ortho intramolecular Hbond substituents is 3. The molecule has 73 heavy (non-hydrogen) atoms. The summed E-state index contributed by atoms with van der Waals surface area (Å²) < 4.78 is 33.2. The van der Waals surface area contributed by atoms with Crippen LogP contribution in [-0.4, -0.2) is 198 Å². The van der Waals surface area contributed by atoms with E-state index in [0.29, 0.717) is 18.1 Å². The Morgan fingerprint density at radius 2 is 1.16 bits per heavy atom. The maximum Gasteiger partial charge on any atom is 0.339 e. The second-order valence-electron chi connectivity index (χ2n) is 19.0. The Balaban J connectivity index is 1.14. The topological polar surface area (TPSA) is 387 Å². The lowest BCUT2D eigenvalue weighted by Gasteiger charge is -2.42. The molecule has 0 spiro atoms. The van der Waals surface area contributed by atoms with Gasteiger partial charge in [-0.3, -0.25) is 0 Å². The minimum absolute atomic E-state index is 0.0201. The standard InChI is InChI=1S/C50H64O23/c51-20-35-39(60)41(62)43(64)47(72-35)68-13-11-49(24-53)9-7-28(18-37(49)58)22-70-45(66)31(15-26-1-4-30(55)5-2-26)32(16-27-3-6-33(56)34(57)17-27)46(67)71-23-29-8-10-50(25-54,38(59)19-29)12-14-69-48-44(65)42(63)40(61)36(21-52)73-48/h1-6,11,13,15-17,24-25,28-29,35-44,47-48,51-52,55-65H,7-10,12,14,18-23H2/b13-11-,31-15+,32-16+/t28-,29-,35+,36+,37-,38-,39+,40+,41-,42-,43+,44+,47+,48+,49+,50+/m0/s1. The minimum Gasteiger partial charge on any atom is -0.508 e. The van der Waals surface area contributed by atoms with Crippen molar-refractivity contribution in [3.05, 3.63) is 77.1 Å². The number of aldehydes is 2. The zero-order valence-corrected chi connectivity index (χ0v) is 39.5. The third kappa shape index (κ3) is 13.5. The van der Waals surface area contributed by atoms with E-state index in [2.05, 4.69) is 0 Å². The van der Waals surface area contributed by atoms with Crippen LogP contribution in [0, 0.1) is 22.7 Å². The number of esters is 2. The van der Waals surface area contributed by atoms with Crippen molar-refractivity contribution in [1.29, 1.82) is 0 Å². The van der Waals surface area contributed by atoms with Crippen LogP contribution in [0.15, 0.2) is 65.9 Å². The molecular formula is C50H64O23. The molecule has 0 aromatic heterocycles. The van der Waals surface area contributed by atoms with E-state index in [9.17, 15) is 85.6 Å². The minimum atomic E-state index is -1.72. The highest BCUT2D eigenvalue weighted by Gasteiger charge is 2.48. The van der Waals surface area contributed by atoms with E-state index in [4.69, 9.17) is 28.4 Å². The molecule has 6 rings (SSSR count). The molecule has 402 valence electrons. The second kappa shape index (κ2) is 25.2. The summed E-state index contributed by atoms with van der Waals surface area (Å²) in [4.78, 5) is 53.5. The van der Waals surface area contributed by atoms with Crippen LogP contribution in [0.4, 0.5) is 0 Å². The second-order valence-corrected chi connectivity index (χ2v) is 19.0. The summed E-state index contributed by atoms with van der Waals surface area (Å²) in [5, 5.41) is 133. The Kier molecular flexibility index (Phi) is 19.7. The fourth-order valence-corrected chi connectivity index (χ4v) is 9.31. The molecule has 13 N–H and O–H groups in total. The number of carbonyl (C=O) groups excluding carboxylic acids is 4. The Hall–Kier alpha value is -5.38. The van der Waals surface area contributed by atoms with Gasteiger partial charge in [0.25, 0.3) is 0 Å². The van der Waals surface area contributed by atoms with E-state index in [1.54, 1.807) is 0 Å². The smallest absolute Gasteiger partial charge is 0.339 e. The normalized spacial score (nSPS) is 35.3. The third-order valence-corrected chi connectivity index (χ3v) is 14.1. The maximum atomic E-state index is 14.3. The van der Waals surface area contributed by atoms with E-state index >= 15 is 0 Å². The lowest BCUT2D eigenvalue weighted by molar-refractivity contribution is -0.302. The first-order chi connectivity index (χ1) is 34.8. The number of aliphatic hydroxyl groups excluding tert-OH is 10. The monoisotopic (exact) mass is 1030 g/mol. The molecule has 0 unspecified atom stereocenters. The molecular weight excluding hydrogens is 969 g/mol. The zero-order valence-electron chi connectivity index (χ0n) is 39.5. The van der Waals surface area contributed by atoms with E-state index in [-0.39, 0.29) is 87.2 Å². The number of aromatic hydroxyl groups is 3. The van der Waals surface area contributed by atoms with Crippen LogP contribution in [0.2, 0.25) is 0 Å². The van der Waals surface area contributed by atoms with Gasteiger partial charge in [0.2, 0.25) is 6.29 Å². The van der Waals surface area contributed by atoms with Crippen LogP contribution in [-0.2, 0) is 47.6 Å². The predicted octanol–water partition coefficient (Wildman–Crippen LogP) is -1.41. The summed E-state index contributed by atoms with van der Waals surface area (Å²) in [7, 11) is 0. The van der Waals surface area contributed by atoms with Crippen molar-refractivity contribution in [2.24, 2.45) is 22.7 Å². The fourth-order valence-electron chi connectivity index (χ4n) is 9.31. The third-order valence-electron chi connectivity index (χ3n) is 14.1. The molecule has 4 fully saturated rings. The number of rotatable bonds is 20. The van der Waals surface area contributed by atoms with Crippen molar-refractivity contribution >= 4 is 36.7 Å². The molecule has 23 nitrogen and oxygen atoms in total. The lowest BCUT2D eigenvalue weighted by atomic mass is 9.67. The van der Waals surface area contributed by atoms with E-state index < -0.39 is 133 Å². The van der Waals surface area contributed by atoms with Gasteiger partial charge in [-0.15, -0.1) is 0 Å². The van der Waals surface area contributed by atoms with Gasteiger partial charge in [-0.25, -0.2) is 9.59 Å². The summed E-state index contributed by atoms with van der Waals surface area (Å²) >= 11 is 0. The molecule has 23 heteroatoms. The summed E-state index contributed by atoms with van der Waals surface area (Å²) in [6, 6.07) is 9.16. The van der Waals surface area contributed by atoms with Crippen molar-refractivity contribution in [2.75, 3.05) is 33.0 Å². The lowest BCUT2D eigenvalue weighted by Crippen LogP contribution is -2.59. The van der Waals surface area contributed by atoms with Crippen LogP contribution in [0.3, 0.4) is 0 Å².